The van der Waals surface area contributed by atoms with Crippen molar-refractivity contribution in [2.75, 3.05) is 0 Å². The van der Waals surface area contributed by atoms with Gasteiger partial charge in [-0.05, 0) is 53.8 Å². The minimum atomic E-state index is 0.788. The van der Waals surface area contributed by atoms with Gasteiger partial charge in [0.1, 0.15) is 0 Å². The molecule has 14 heavy (non-hydrogen) atoms. The molecule has 3 rings (SSSR count). The Morgan fingerprint density at radius 3 is 2.36 bits per heavy atom. The van der Waals surface area contributed by atoms with Gasteiger partial charge in [-0.1, -0.05) is 34.1 Å². The van der Waals surface area contributed by atoms with Crippen molar-refractivity contribution in [3.05, 3.63) is 0 Å². The first-order valence-corrected chi connectivity index (χ1v) is 6.58. The van der Waals surface area contributed by atoms with Crippen LogP contribution in [0, 0.1) is 28.1 Å². The van der Waals surface area contributed by atoms with Gasteiger partial charge in [0.05, 0.1) is 0 Å². The van der Waals surface area contributed by atoms with Crippen LogP contribution in [0.2, 0.25) is 0 Å². The van der Waals surface area contributed by atoms with E-state index in [1.54, 1.807) is 19.3 Å². The highest BCUT2D eigenvalue weighted by molar-refractivity contribution is 5.39. The number of rotatable bonds is 3. The van der Waals surface area contributed by atoms with Crippen LogP contribution in [-0.2, 0) is 0 Å². The molecule has 0 nitrogen and oxygen atoms in total. The van der Waals surface area contributed by atoms with E-state index in [1.165, 1.54) is 12.8 Å². The first-order chi connectivity index (χ1) is 6.58. The second-order valence-corrected chi connectivity index (χ2v) is 6.56. The lowest BCUT2D eigenvalue weighted by molar-refractivity contribution is -0.135. The minimum absolute atomic E-state index is 0.788. The van der Waals surface area contributed by atoms with Gasteiger partial charge in [-0.15, -0.1) is 0 Å². The van der Waals surface area contributed by atoms with E-state index in [0.717, 1.165) is 28.1 Å². The summed E-state index contributed by atoms with van der Waals surface area (Å²) in [5.41, 5.74) is 2.47. The van der Waals surface area contributed by atoms with E-state index in [4.69, 9.17) is 0 Å². The average molecular weight is 192 g/mol. The zero-order valence-corrected chi connectivity index (χ0v) is 10.2. The summed E-state index contributed by atoms with van der Waals surface area (Å²) >= 11 is 0. The Bertz CT molecular complexity index is 278. The van der Waals surface area contributed by atoms with Crippen LogP contribution in [0.1, 0.15) is 59.8 Å². The molecule has 0 bridgehead atoms. The smallest absolute Gasteiger partial charge is 0.0147 e. The largest absolute Gasteiger partial charge is 0.0651 e. The highest BCUT2D eigenvalue weighted by Crippen LogP contribution is 2.98. The summed E-state index contributed by atoms with van der Waals surface area (Å²) in [5, 5.41) is 0. The van der Waals surface area contributed by atoms with E-state index >= 15 is 0 Å². The van der Waals surface area contributed by atoms with E-state index < -0.39 is 0 Å². The summed E-state index contributed by atoms with van der Waals surface area (Å²) in [6.45, 7) is 9.86. The highest BCUT2D eigenvalue weighted by atomic mass is 15.0. The van der Waals surface area contributed by atoms with Gasteiger partial charge in [0, 0.05) is 0 Å². The van der Waals surface area contributed by atoms with Gasteiger partial charge in [0.25, 0.3) is 0 Å². The molecule has 3 fully saturated rings. The topological polar surface area (TPSA) is 0 Å². The third kappa shape index (κ3) is 0.581. The summed E-state index contributed by atoms with van der Waals surface area (Å²) in [6.07, 6.45) is 7.52. The zero-order valence-electron chi connectivity index (χ0n) is 10.2. The maximum Gasteiger partial charge on any atom is -0.0147 e. The molecule has 0 radical (unpaired) electrons. The van der Waals surface area contributed by atoms with Crippen molar-refractivity contribution < 1.29 is 0 Å². The maximum absolute atomic E-state index is 2.58. The first kappa shape index (κ1) is 9.24. The summed E-state index contributed by atoms with van der Waals surface area (Å²) in [7, 11) is 0. The molecule has 0 N–H and O–H groups in total. The Hall–Kier alpha value is 0. The Labute approximate surface area is 88.5 Å². The van der Waals surface area contributed by atoms with Gasteiger partial charge in [-0.3, -0.25) is 0 Å². The summed E-state index contributed by atoms with van der Waals surface area (Å²) in [4.78, 5) is 0. The predicted octanol–water partition coefficient (Wildman–Crippen LogP) is 4.25. The van der Waals surface area contributed by atoms with E-state index in [-0.39, 0.29) is 0 Å². The van der Waals surface area contributed by atoms with Crippen molar-refractivity contribution in [2.24, 2.45) is 28.1 Å². The lowest BCUT2D eigenvalue weighted by Crippen LogP contribution is -2.54. The van der Waals surface area contributed by atoms with Crippen molar-refractivity contribution in [2.45, 2.75) is 59.8 Å². The third-order valence-electron chi connectivity index (χ3n) is 6.69. The molecule has 5 atom stereocenters. The summed E-state index contributed by atoms with van der Waals surface area (Å²) < 4.78 is 0. The highest BCUT2D eigenvalue weighted by Gasteiger charge is 2.92. The molecular weight excluding hydrogens is 168 g/mol. The molecule has 0 aromatic carbocycles. The van der Waals surface area contributed by atoms with Crippen LogP contribution >= 0.6 is 0 Å². The number of hydrogen-bond donors (Lipinski definition) is 0. The van der Waals surface area contributed by atoms with Crippen LogP contribution in [0.3, 0.4) is 0 Å². The third-order valence-corrected chi connectivity index (χ3v) is 6.69. The fourth-order valence-corrected chi connectivity index (χ4v) is 6.00. The summed E-state index contributed by atoms with van der Waals surface area (Å²) in [5.74, 6) is 2.07. The van der Waals surface area contributed by atoms with Crippen LogP contribution < -0.4 is 0 Å². The Kier molecular flexibility index (Phi) is 1.47. The Morgan fingerprint density at radius 2 is 2.00 bits per heavy atom. The molecule has 3 aliphatic carbocycles. The predicted molar refractivity (Wildman–Crippen MR) is 60.1 cm³/mol. The quantitative estimate of drug-likeness (QED) is 0.627. The molecule has 0 aromatic heterocycles. The van der Waals surface area contributed by atoms with Gasteiger partial charge in [-0.2, -0.15) is 0 Å². The van der Waals surface area contributed by atoms with Crippen molar-refractivity contribution in [1.82, 2.24) is 0 Å². The van der Waals surface area contributed by atoms with Gasteiger partial charge in [0.2, 0.25) is 0 Å². The second-order valence-electron chi connectivity index (χ2n) is 6.56. The molecule has 5 unspecified atom stereocenters. The van der Waals surface area contributed by atoms with Crippen LogP contribution in [0.15, 0.2) is 0 Å². The van der Waals surface area contributed by atoms with E-state index in [0.29, 0.717) is 0 Å². The van der Waals surface area contributed by atoms with Crippen molar-refractivity contribution in [3.63, 3.8) is 0 Å². The monoisotopic (exact) mass is 192 g/mol. The fourth-order valence-electron chi connectivity index (χ4n) is 6.00. The summed E-state index contributed by atoms with van der Waals surface area (Å²) in [6, 6.07) is 0. The van der Waals surface area contributed by atoms with E-state index in [1.807, 2.05) is 0 Å². The van der Waals surface area contributed by atoms with Crippen molar-refractivity contribution in [3.8, 4) is 0 Å². The zero-order chi connectivity index (χ0) is 10.2. The van der Waals surface area contributed by atoms with Gasteiger partial charge in [0.15, 0.2) is 0 Å². The van der Waals surface area contributed by atoms with Crippen LogP contribution in [0.25, 0.3) is 0 Å². The first-order valence-electron chi connectivity index (χ1n) is 6.58. The Morgan fingerprint density at radius 1 is 1.29 bits per heavy atom. The van der Waals surface area contributed by atoms with Crippen LogP contribution in [-0.4, -0.2) is 0 Å². The minimum Gasteiger partial charge on any atom is -0.0651 e. The molecule has 3 aliphatic rings. The standard InChI is InChI=1S/C14H24/c1-5-10(3)11-12(4)9-13(6-2)7-8-14(11,12)13/h10-11H,5-9H2,1-4H3. The normalized spacial score (nSPS) is 60.4. The fraction of sp³-hybridized carbons (Fsp3) is 1.00. The molecule has 0 aliphatic heterocycles. The number of hydrogen-bond acceptors (Lipinski definition) is 0. The lowest BCUT2D eigenvalue weighted by atomic mass is 9.42. The molecule has 0 heteroatoms. The second kappa shape index (κ2) is 2.23. The Balaban J connectivity index is 1.88. The van der Waals surface area contributed by atoms with Gasteiger partial charge < -0.3 is 0 Å². The molecular formula is C14H24. The maximum atomic E-state index is 2.58. The molecule has 0 saturated heterocycles. The molecule has 0 heterocycles. The van der Waals surface area contributed by atoms with E-state index in [9.17, 15) is 0 Å². The van der Waals surface area contributed by atoms with E-state index in [2.05, 4.69) is 27.7 Å². The SMILES string of the molecule is CCC(C)C1C2(C)CC3(CC)CCC132. The lowest BCUT2D eigenvalue weighted by Gasteiger charge is -2.62. The van der Waals surface area contributed by atoms with Crippen molar-refractivity contribution in [1.29, 1.82) is 0 Å². The van der Waals surface area contributed by atoms with Gasteiger partial charge >= 0.3 is 0 Å². The molecule has 80 valence electrons. The van der Waals surface area contributed by atoms with Gasteiger partial charge in [-0.25, -0.2) is 0 Å². The molecule has 0 amide bonds. The molecule has 3 saturated carbocycles. The molecule has 1 spiro atoms. The van der Waals surface area contributed by atoms with Crippen LogP contribution in [0.5, 0.6) is 0 Å². The van der Waals surface area contributed by atoms with Crippen molar-refractivity contribution >= 4 is 0 Å². The van der Waals surface area contributed by atoms with Crippen LogP contribution in [0.4, 0.5) is 0 Å². The average Bonchev–Trinajstić information content (AvgIpc) is 2.72. The molecule has 0 aromatic rings.